The minimum absolute atomic E-state index is 0.118. The second-order valence-corrected chi connectivity index (χ2v) is 10.9. The molecule has 0 spiro atoms. The Morgan fingerprint density at radius 1 is 1.14 bits per heavy atom. The molecule has 3 rings (SSSR count). The zero-order valence-electron chi connectivity index (χ0n) is 18.9. The lowest BCUT2D eigenvalue weighted by atomic mass is 9.47. The van der Waals surface area contributed by atoms with Crippen LogP contribution in [0, 0.1) is 28.6 Å². The summed E-state index contributed by atoms with van der Waals surface area (Å²) in [6.45, 7) is 13.7. The van der Waals surface area contributed by atoms with E-state index in [0.717, 1.165) is 0 Å². The Morgan fingerprint density at radius 3 is 2.46 bits per heavy atom. The van der Waals surface area contributed by atoms with Gasteiger partial charge in [0.25, 0.3) is 0 Å². The summed E-state index contributed by atoms with van der Waals surface area (Å²) in [6, 6.07) is 4.98. The number of fused-ring (bicyclic) bond motifs is 1. The molecule has 5 atom stereocenters. The zero-order valence-corrected chi connectivity index (χ0v) is 19.7. The van der Waals surface area contributed by atoms with Crippen molar-refractivity contribution in [3.8, 4) is 11.5 Å². The van der Waals surface area contributed by atoms with Crippen LogP contribution >= 0.6 is 0 Å². The number of benzene rings is 1. The summed E-state index contributed by atoms with van der Waals surface area (Å²) in [5, 5.41) is 9.92. The molecule has 160 valence electrons. The third-order valence-electron chi connectivity index (χ3n) is 7.41. The molecule has 1 aromatic rings. The molecule has 0 amide bonds. The molecule has 0 bridgehead atoms. The van der Waals surface area contributed by atoms with Crippen molar-refractivity contribution >= 4 is 10.8 Å². The highest BCUT2D eigenvalue weighted by atomic mass is 32.2. The monoisotopic (exact) mass is 408 g/mol. The van der Waals surface area contributed by atoms with Gasteiger partial charge in [-0.25, -0.2) is 0 Å². The van der Waals surface area contributed by atoms with Crippen molar-refractivity contribution in [2.75, 3.05) is 12.9 Å². The number of hydrogen-bond acceptors (Lipinski definition) is 3. The van der Waals surface area contributed by atoms with E-state index in [-0.39, 0.29) is 11.2 Å². The highest BCUT2D eigenvalue weighted by molar-refractivity contribution is 7.85. The second-order valence-electron chi connectivity index (χ2n) is 9.44. The summed E-state index contributed by atoms with van der Waals surface area (Å²) in [5.74, 6) is 3.11. The van der Waals surface area contributed by atoms with E-state index in [1.807, 2.05) is 13.8 Å². The Labute approximate surface area is 174 Å². The normalized spacial score (nSPS) is 32.5. The van der Waals surface area contributed by atoms with E-state index in [2.05, 4.69) is 27.7 Å². The third kappa shape index (κ3) is 4.58. The van der Waals surface area contributed by atoms with Crippen LogP contribution in [0.4, 0.5) is 0 Å². The van der Waals surface area contributed by atoms with Crippen LogP contribution in [0.2, 0.25) is 0 Å². The molecule has 1 aromatic carbocycles. The van der Waals surface area contributed by atoms with Crippen molar-refractivity contribution in [1.29, 1.82) is 0 Å². The number of phenols is 1. The number of ether oxygens (including phenoxy) is 1. The first-order valence-electron chi connectivity index (χ1n) is 10.9. The number of methoxy groups -OCH3 is 1. The van der Waals surface area contributed by atoms with Crippen molar-refractivity contribution in [3.05, 3.63) is 18.2 Å². The van der Waals surface area contributed by atoms with E-state index in [9.17, 15) is 9.32 Å². The molecule has 2 fully saturated rings. The molecule has 5 unspecified atom stereocenters. The highest BCUT2D eigenvalue weighted by Gasteiger charge is 2.53. The van der Waals surface area contributed by atoms with Crippen LogP contribution in [-0.4, -0.2) is 22.2 Å². The molecule has 0 aromatic heterocycles. The van der Waals surface area contributed by atoms with E-state index < -0.39 is 10.8 Å². The Bertz CT molecular complexity index is 684. The maximum atomic E-state index is 13.2. The summed E-state index contributed by atoms with van der Waals surface area (Å²) in [6.07, 6.45) is 6.36. The highest BCUT2D eigenvalue weighted by Crippen LogP contribution is 2.61. The number of phenolic OH excluding ortho intramolecular Hbond substituents is 1. The molecular formula is C24H40O3S. The summed E-state index contributed by atoms with van der Waals surface area (Å²) in [4.78, 5) is 0.676. The number of aromatic hydroxyl groups is 1. The van der Waals surface area contributed by atoms with Gasteiger partial charge in [0.2, 0.25) is 0 Å². The first kappa shape index (κ1) is 23.3. The first-order chi connectivity index (χ1) is 13.2. The van der Waals surface area contributed by atoms with Crippen LogP contribution in [0.3, 0.4) is 0 Å². The van der Waals surface area contributed by atoms with Crippen LogP contribution in [-0.2, 0) is 10.8 Å². The molecular weight excluding hydrogens is 368 g/mol. The van der Waals surface area contributed by atoms with Gasteiger partial charge in [0.15, 0.2) is 0 Å². The standard InChI is InChI=1S/C22H34O3S.C2H6/c1-15-7-8-20-21(2,3)9-6-10-22(20,4)19(15)14-26(24)18-12-16(23)11-17(13-18)25-5;1-2/h11-13,15,19-20,23H,6-10,14H2,1-5H3;1-2H3. The maximum Gasteiger partial charge on any atom is 0.123 e. The first-order valence-corrected chi connectivity index (χ1v) is 12.3. The molecule has 0 heterocycles. The zero-order chi connectivity index (χ0) is 21.1. The van der Waals surface area contributed by atoms with Crippen molar-refractivity contribution < 1.29 is 14.1 Å². The van der Waals surface area contributed by atoms with Gasteiger partial charge >= 0.3 is 0 Å². The van der Waals surface area contributed by atoms with E-state index in [0.29, 0.717) is 39.6 Å². The molecule has 0 aliphatic heterocycles. The van der Waals surface area contributed by atoms with Gasteiger partial charge in [0, 0.05) is 16.7 Å². The fraction of sp³-hybridized carbons (Fsp3) is 0.750. The van der Waals surface area contributed by atoms with E-state index in [1.165, 1.54) is 32.1 Å². The lowest BCUT2D eigenvalue weighted by molar-refractivity contribution is -0.0853. The molecule has 28 heavy (non-hydrogen) atoms. The van der Waals surface area contributed by atoms with Crippen molar-refractivity contribution in [1.82, 2.24) is 0 Å². The SMILES string of the molecule is CC.COc1cc(O)cc(S(=O)CC2C(C)CCC3C(C)(C)CCCC23C)c1. The Hall–Kier alpha value is -1.03. The predicted octanol–water partition coefficient (Wildman–Crippen LogP) is 6.41. The lowest BCUT2D eigenvalue weighted by Crippen LogP contribution is -2.52. The minimum atomic E-state index is -1.13. The minimum Gasteiger partial charge on any atom is -0.508 e. The quantitative estimate of drug-likeness (QED) is 0.626. The fourth-order valence-corrected chi connectivity index (χ4v) is 7.76. The van der Waals surface area contributed by atoms with E-state index in [1.54, 1.807) is 25.3 Å². The summed E-state index contributed by atoms with van der Waals surface area (Å²) < 4.78 is 18.4. The summed E-state index contributed by atoms with van der Waals surface area (Å²) >= 11 is 0. The summed E-state index contributed by atoms with van der Waals surface area (Å²) in [5.41, 5.74) is 0.636. The smallest absolute Gasteiger partial charge is 0.123 e. The third-order valence-corrected chi connectivity index (χ3v) is 8.84. The van der Waals surface area contributed by atoms with Crippen LogP contribution < -0.4 is 4.74 Å². The average molecular weight is 409 g/mol. The van der Waals surface area contributed by atoms with Crippen LogP contribution in [0.5, 0.6) is 11.5 Å². The van der Waals surface area contributed by atoms with Crippen molar-refractivity contribution in [2.45, 2.75) is 78.5 Å². The van der Waals surface area contributed by atoms with Gasteiger partial charge in [-0.15, -0.1) is 0 Å². The van der Waals surface area contributed by atoms with Gasteiger partial charge in [-0.3, -0.25) is 4.21 Å². The van der Waals surface area contributed by atoms with Crippen LogP contribution in [0.1, 0.15) is 73.6 Å². The molecule has 2 aliphatic carbocycles. The summed E-state index contributed by atoms with van der Waals surface area (Å²) in [7, 11) is 0.440. The van der Waals surface area contributed by atoms with Gasteiger partial charge in [-0.2, -0.15) is 0 Å². The Kier molecular flexibility index (Phi) is 7.63. The molecule has 2 saturated carbocycles. The van der Waals surface area contributed by atoms with Gasteiger partial charge < -0.3 is 9.84 Å². The van der Waals surface area contributed by atoms with Gasteiger partial charge in [0.05, 0.1) is 17.9 Å². The number of hydrogen-bond donors (Lipinski definition) is 1. The average Bonchev–Trinajstić information content (AvgIpc) is 2.65. The molecule has 4 heteroatoms. The van der Waals surface area contributed by atoms with Crippen molar-refractivity contribution in [2.24, 2.45) is 28.6 Å². The number of rotatable bonds is 4. The van der Waals surface area contributed by atoms with Crippen LogP contribution in [0.25, 0.3) is 0 Å². The fourth-order valence-electron chi connectivity index (χ4n) is 6.03. The predicted molar refractivity (Wildman–Crippen MR) is 118 cm³/mol. The van der Waals surface area contributed by atoms with E-state index >= 15 is 0 Å². The molecule has 1 N–H and O–H groups in total. The largest absolute Gasteiger partial charge is 0.508 e. The molecule has 0 radical (unpaired) electrons. The molecule has 2 aliphatic rings. The van der Waals surface area contributed by atoms with Gasteiger partial charge in [0.1, 0.15) is 11.5 Å². The lowest BCUT2D eigenvalue weighted by Gasteiger charge is -2.59. The Morgan fingerprint density at radius 2 is 1.82 bits per heavy atom. The van der Waals surface area contributed by atoms with Gasteiger partial charge in [-0.1, -0.05) is 54.4 Å². The Balaban J connectivity index is 0.00000136. The molecule has 0 saturated heterocycles. The van der Waals surface area contributed by atoms with E-state index in [4.69, 9.17) is 4.74 Å². The van der Waals surface area contributed by atoms with Crippen LogP contribution in [0.15, 0.2) is 23.1 Å². The van der Waals surface area contributed by atoms with Crippen molar-refractivity contribution in [3.63, 3.8) is 0 Å². The maximum absolute atomic E-state index is 13.2. The second kappa shape index (κ2) is 9.19. The molecule has 3 nitrogen and oxygen atoms in total. The topological polar surface area (TPSA) is 46.5 Å². The van der Waals surface area contributed by atoms with Gasteiger partial charge in [-0.05, 0) is 60.0 Å².